The van der Waals surface area contributed by atoms with Crippen molar-refractivity contribution in [2.45, 2.75) is 25.7 Å². The lowest BCUT2D eigenvalue weighted by Crippen LogP contribution is -2.42. The molecule has 148 valence electrons. The van der Waals surface area contributed by atoms with E-state index < -0.39 is 0 Å². The summed E-state index contributed by atoms with van der Waals surface area (Å²) >= 11 is 0. The van der Waals surface area contributed by atoms with Crippen LogP contribution in [0.3, 0.4) is 0 Å². The molecule has 5 nitrogen and oxygen atoms in total. The zero-order chi connectivity index (χ0) is 19.9. The molecule has 0 aliphatic carbocycles. The number of aryl methyl sites for hydroxylation is 1. The van der Waals surface area contributed by atoms with Crippen LogP contribution in [0.15, 0.2) is 48.5 Å². The van der Waals surface area contributed by atoms with Gasteiger partial charge in [-0.2, -0.15) is 0 Å². The molecule has 1 heterocycles. The predicted molar refractivity (Wildman–Crippen MR) is 108 cm³/mol. The van der Waals surface area contributed by atoms with Gasteiger partial charge in [0.1, 0.15) is 11.5 Å². The Hall–Kier alpha value is -2.82. The summed E-state index contributed by atoms with van der Waals surface area (Å²) in [5.74, 6) is 1.61. The zero-order valence-electron chi connectivity index (χ0n) is 16.5. The Balaban J connectivity index is 1.57. The Morgan fingerprint density at radius 3 is 2.50 bits per heavy atom. The molecule has 1 aliphatic rings. The molecule has 3 rings (SSSR count). The van der Waals surface area contributed by atoms with Gasteiger partial charge in [-0.1, -0.05) is 12.1 Å². The van der Waals surface area contributed by atoms with Gasteiger partial charge in [0, 0.05) is 31.0 Å². The molecule has 1 aliphatic heterocycles. The fraction of sp³-hybridized carbons (Fsp3) is 0.391. The summed E-state index contributed by atoms with van der Waals surface area (Å²) in [5.41, 5.74) is 1.76. The molecule has 1 atom stereocenters. The molecule has 1 unspecified atom stereocenters. The third-order valence-corrected chi connectivity index (χ3v) is 5.28. The minimum atomic E-state index is -0.136. The van der Waals surface area contributed by atoms with Crippen LogP contribution in [0, 0.1) is 5.92 Å². The number of ketones is 1. The fourth-order valence-electron chi connectivity index (χ4n) is 3.65. The Bertz CT molecular complexity index is 816. The van der Waals surface area contributed by atoms with Crippen LogP contribution in [0.25, 0.3) is 0 Å². The van der Waals surface area contributed by atoms with Gasteiger partial charge < -0.3 is 14.4 Å². The first-order valence-electron chi connectivity index (χ1n) is 9.69. The average Bonchev–Trinajstić information content (AvgIpc) is 2.77. The molecule has 1 amide bonds. The van der Waals surface area contributed by atoms with Gasteiger partial charge in [0.25, 0.3) is 0 Å². The maximum absolute atomic E-state index is 12.8. The maximum Gasteiger partial charge on any atom is 0.222 e. The summed E-state index contributed by atoms with van der Waals surface area (Å²) in [6.07, 6.45) is 2.79. The summed E-state index contributed by atoms with van der Waals surface area (Å²) in [4.78, 5) is 27.3. The van der Waals surface area contributed by atoms with Crippen molar-refractivity contribution < 1.29 is 19.1 Å². The van der Waals surface area contributed by atoms with Gasteiger partial charge in [-0.05, 0) is 61.2 Å². The number of benzene rings is 2. The zero-order valence-corrected chi connectivity index (χ0v) is 16.5. The van der Waals surface area contributed by atoms with E-state index in [2.05, 4.69) is 0 Å². The van der Waals surface area contributed by atoms with E-state index >= 15 is 0 Å². The van der Waals surface area contributed by atoms with Crippen LogP contribution in [-0.4, -0.2) is 43.9 Å². The van der Waals surface area contributed by atoms with Crippen LogP contribution >= 0.6 is 0 Å². The van der Waals surface area contributed by atoms with Crippen LogP contribution in [0.1, 0.15) is 35.2 Å². The van der Waals surface area contributed by atoms with Crippen molar-refractivity contribution in [2.24, 2.45) is 5.92 Å². The van der Waals surface area contributed by atoms with Gasteiger partial charge in [-0.15, -0.1) is 0 Å². The number of likely N-dealkylation sites (tertiary alicyclic amines) is 1. The van der Waals surface area contributed by atoms with Crippen LogP contribution < -0.4 is 9.47 Å². The van der Waals surface area contributed by atoms with Crippen LogP contribution in [-0.2, 0) is 11.2 Å². The van der Waals surface area contributed by atoms with Crippen molar-refractivity contribution in [3.8, 4) is 11.5 Å². The second-order valence-electron chi connectivity index (χ2n) is 7.12. The van der Waals surface area contributed by atoms with Crippen molar-refractivity contribution >= 4 is 11.7 Å². The molecule has 0 spiro atoms. The standard InChI is InChI=1S/C23H27NO4/c1-27-20-11-9-18(10-12-20)23(26)19-6-4-14-24(16-19)22(25)13-8-17-5-3-7-21(15-17)28-2/h3,5,7,9-12,15,19H,4,6,8,13-14,16H2,1-2H3. The first-order valence-corrected chi connectivity index (χ1v) is 9.69. The highest BCUT2D eigenvalue weighted by molar-refractivity contribution is 5.98. The number of Topliss-reactive ketones (excluding diaryl/α,β-unsaturated/α-hetero) is 1. The number of rotatable bonds is 7. The minimum Gasteiger partial charge on any atom is -0.497 e. The van der Waals surface area contributed by atoms with Gasteiger partial charge >= 0.3 is 0 Å². The minimum absolute atomic E-state index is 0.105. The molecule has 0 radical (unpaired) electrons. The molecule has 28 heavy (non-hydrogen) atoms. The van der Waals surface area contributed by atoms with E-state index in [1.807, 2.05) is 29.2 Å². The van der Waals surface area contributed by atoms with Crippen molar-refractivity contribution in [3.05, 3.63) is 59.7 Å². The van der Waals surface area contributed by atoms with Gasteiger partial charge in [0.2, 0.25) is 5.91 Å². The van der Waals surface area contributed by atoms with Crippen molar-refractivity contribution in [2.75, 3.05) is 27.3 Å². The van der Waals surface area contributed by atoms with Gasteiger partial charge in [0.15, 0.2) is 5.78 Å². The van der Waals surface area contributed by atoms with E-state index in [1.54, 1.807) is 38.5 Å². The van der Waals surface area contributed by atoms with E-state index in [0.29, 0.717) is 24.9 Å². The fourth-order valence-corrected chi connectivity index (χ4v) is 3.65. The number of piperidine rings is 1. The summed E-state index contributed by atoms with van der Waals surface area (Å²) in [7, 11) is 3.24. The van der Waals surface area contributed by atoms with E-state index in [4.69, 9.17) is 9.47 Å². The van der Waals surface area contributed by atoms with Crippen molar-refractivity contribution in [3.63, 3.8) is 0 Å². The van der Waals surface area contributed by atoms with E-state index in [1.165, 1.54) is 0 Å². The normalized spacial score (nSPS) is 16.5. The Morgan fingerprint density at radius 2 is 1.79 bits per heavy atom. The van der Waals surface area contributed by atoms with Gasteiger partial charge in [-0.25, -0.2) is 0 Å². The highest BCUT2D eigenvalue weighted by Crippen LogP contribution is 2.23. The van der Waals surface area contributed by atoms with Crippen LogP contribution in [0.2, 0.25) is 0 Å². The SMILES string of the molecule is COc1ccc(C(=O)C2CCCN(C(=O)CCc3cccc(OC)c3)C2)cc1. The summed E-state index contributed by atoms with van der Waals surface area (Å²) in [5, 5.41) is 0. The van der Waals surface area contributed by atoms with Gasteiger partial charge in [0.05, 0.1) is 14.2 Å². The maximum atomic E-state index is 12.8. The number of carbonyl (C=O) groups excluding carboxylic acids is 2. The largest absolute Gasteiger partial charge is 0.497 e. The molecule has 0 saturated carbocycles. The molecule has 2 aromatic carbocycles. The number of ether oxygens (including phenoxy) is 2. The molecular formula is C23H27NO4. The average molecular weight is 381 g/mol. The number of hydrogen-bond donors (Lipinski definition) is 0. The number of hydrogen-bond acceptors (Lipinski definition) is 4. The predicted octanol–water partition coefficient (Wildman–Crippen LogP) is 3.76. The van der Waals surface area contributed by atoms with Crippen molar-refractivity contribution in [1.29, 1.82) is 0 Å². The topological polar surface area (TPSA) is 55.8 Å². The second-order valence-corrected chi connectivity index (χ2v) is 7.12. The molecule has 1 saturated heterocycles. The molecule has 1 fully saturated rings. The molecule has 0 N–H and O–H groups in total. The second kappa shape index (κ2) is 9.40. The number of carbonyl (C=O) groups is 2. The summed E-state index contributed by atoms with van der Waals surface area (Å²) < 4.78 is 10.4. The number of nitrogens with zero attached hydrogens (tertiary/aromatic N) is 1. The van der Waals surface area contributed by atoms with E-state index in [-0.39, 0.29) is 17.6 Å². The smallest absolute Gasteiger partial charge is 0.222 e. The summed E-state index contributed by atoms with van der Waals surface area (Å²) in [6.45, 7) is 1.23. The lowest BCUT2D eigenvalue weighted by molar-refractivity contribution is -0.132. The molecular weight excluding hydrogens is 354 g/mol. The lowest BCUT2D eigenvalue weighted by Gasteiger charge is -2.32. The van der Waals surface area contributed by atoms with E-state index in [0.717, 1.165) is 36.4 Å². The number of methoxy groups -OCH3 is 2. The van der Waals surface area contributed by atoms with Gasteiger partial charge in [-0.3, -0.25) is 9.59 Å². The summed E-state index contributed by atoms with van der Waals surface area (Å²) in [6, 6.07) is 15.0. The quantitative estimate of drug-likeness (QED) is 0.686. The number of amides is 1. The lowest BCUT2D eigenvalue weighted by atomic mass is 9.89. The Labute approximate surface area is 166 Å². The monoisotopic (exact) mass is 381 g/mol. The molecule has 2 aromatic rings. The Morgan fingerprint density at radius 1 is 1.04 bits per heavy atom. The Kier molecular flexibility index (Phi) is 6.69. The highest BCUT2D eigenvalue weighted by atomic mass is 16.5. The first-order chi connectivity index (χ1) is 13.6. The third-order valence-electron chi connectivity index (χ3n) is 5.28. The first kappa shape index (κ1) is 19.9. The molecule has 5 heteroatoms. The van der Waals surface area contributed by atoms with Crippen LogP contribution in [0.5, 0.6) is 11.5 Å². The third kappa shape index (κ3) is 4.91. The molecule has 0 aromatic heterocycles. The van der Waals surface area contributed by atoms with Crippen LogP contribution in [0.4, 0.5) is 0 Å². The molecule has 0 bridgehead atoms. The highest BCUT2D eigenvalue weighted by Gasteiger charge is 2.28. The van der Waals surface area contributed by atoms with E-state index in [9.17, 15) is 9.59 Å². The van der Waals surface area contributed by atoms with Crippen molar-refractivity contribution in [1.82, 2.24) is 4.90 Å².